The third-order valence-corrected chi connectivity index (χ3v) is 6.88. The number of fused-ring (bicyclic) bond motifs is 2. The number of ether oxygens (including phenoxy) is 1. The van der Waals surface area contributed by atoms with Crippen LogP contribution in [-0.4, -0.2) is 42.4 Å². The first-order chi connectivity index (χ1) is 12.2. The Bertz CT molecular complexity index is 716. The molecule has 0 amide bonds. The summed E-state index contributed by atoms with van der Waals surface area (Å²) in [6, 6.07) is 8.81. The zero-order valence-electron chi connectivity index (χ0n) is 14.7. The first kappa shape index (κ1) is 16.9. The van der Waals surface area contributed by atoms with Crippen LogP contribution in [0.1, 0.15) is 37.3 Å². The van der Waals surface area contributed by atoms with E-state index >= 15 is 0 Å². The fraction of sp³-hybridized carbons (Fsp3) is 0.476. The number of allylic oxidation sites excluding steroid dienone is 2. The fourth-order valence-corrected chi connectivity index (χ4v) is 5.37. The average molecular weight is 356 g/mol. The lowest BCUT2D eigenvalue weighted by Gasteiger charge is -2.39. The Morgan fingerprint density at radius 1 is 1.32 bits per heavy atom. The molecule has 0 radical (unpaired) electrons. The highest BCUT2D eigenvalue weighted by Crippen LogP contribution is 2.44. The predicted molar refractivity (Wildman–Crippen MR) is 104 cm³/mol. The first-order valence-corrected chi connectivity index (χ1v) is 10.1. The zero-order valence-corrected chi connectivity index (χ0v) is 15.6. The summed E-state index contributed by atoms with van der Waals surface area (Å²) in [5.74, 6) is -0.0657. The second-order valence-electron chi connectivity index (χ2n) is 7.12. The van der Waals surface area contributed by atoms with Gasteiger partial charge >= 0.3 is 5.97 Å². The number of hydrogen-bond donors (Lipinski definition) is 0. The van der Waals surface area contributed by atoms with E-state index in [0.717, 1.165) is 26.1 Å². The first-order valence-electron chi connectivity index (χ1n) is 9.24. The summed E-state index contributed by atoms with van der Waals surface area (Å²) in [5.41, 5.74) is 3.14. The molecule has 1 atom stereocenters. The van der Waals surface area contributed by atoms with Gasteiger partial charge in [0.2, 0.25) is 0 Å². The number of rotatable bonds is 4. The fourth-order valence-electron chi connectivity index (χ4n) is 4.20. The van der Waals surface area contributed by atoms with E-state index in [-0.39, 0.29) is 16.6 Å². The summed E-state index contributed by atoms with van der Waals surface area (Å²) >= 11 is 1.70. The van der Waals surface area contributed by atoms with Crippen molar-refractivity contribution >= 4 is 23.8 Å². The minimum atomic E-state index is -0.0657. The van der Waals surface area contributed by atoms with Crippen LogP contribution in [0.4, 0.5) is 0 Å². The van der Waals surface area contributed by atoms with E-state index in [4.69, 9.17) is 4.74 Å². The minimum absolute atomic E-state index is 0.0317. The Morgan fingerprint density at radius 2 is 2.12 bits per heavy atom. The normalized spacial score (nSPS) is 24.4. The summed E-state index contributed by atoms with van der Waals surface area (Å²) in [6.07, 6.45) is 10.1. The molecule has 1 spiro atoms. The standard InChI is InChI=1S/C21H25NO2S/c1-2-24-20(23)19-8-7-17(25-19)15-22-13-11-21(12-14-22)10-9-16-5-3-4-6-18(16)21/h3-7,9-10,19H,2,8,11-15H2,1H3. The van der Waals surface area contributed by atoms with Gasteiger partial charge in [-0.3, -0.25) is 9.69 Å². The van der Waals surface area contributed by atoms with Crippen molar-refractivity contribution in [2.45, 2.75) is 36.9 Å². The zero-order chi connectivity index (χ0) is 17.3. The summed E-state index contributed by atoms with van der Waals surface area (Å²) < 4.78 is 5.15. The molecule has 0 saturated carbocycles. The van der Waals surface area contributed by atoms with Crippen LogP contribution in [0.3, 0.4) is 0 Å². The van der Waals surface area contributed by atoms with Crippen molar-refractivity contribution in [2.75, 3.05) is 26.2 Å². The molecule has 3 aliphatic rings. The second-order valence-corrected chi connectivity index (χ2v) is 8.45. The van der Waals surface area contributed by atoms with E-state index < -0.39 is 0 Å². The second kappa shape index (κ2) is 7.00. The van der Waals surface area contributed by atoms with Crippen molar-refractivity contribution in [2.24, 2.45) is 0 Å². The average Bonchev–Trinajstić information content (AvgIpc) is 3.24. The summed E-state index contributed by atoms with van der Waals surface area (Å²) in [6.45, 7) is 5.53. The van der Waals surface area contributed by atoms with Gasteiger partial charge in [0.25, 0.3) is 0 Å². The van der Waals surface area contributed by atoms with Gasteiger partial charge in [0, 0.05) is 12.0 Å². The lowest BCUT2D eigenvalue weighted by atomic mass is 9.74. The van der Waals surface area contributed by atoms with Gasteiger partial charge in [-0.25, -0.2) is 0 Å². The van der Waals surface area contributed by atoms with Crippen LogP contribution >= 0.6 is 11.8 Å². The number of benzene rings is 1. The van der Waals surface area contributed by atoms with Crippen LogP contribution in [0.5, 0.6) is 0 Å². The molecular weight excluding hydrogens is 330 g/mol. The molecule has 4 rings (SSSR count). The summed E-state index contributed by atoms with van der Waals surface area (Å²) in [5, 5.41) is -0.0317. The van der Waals surface area contributed by atoms with Crippen molar-refractivity contribution in [1.29, 1.82) is 0 Å². The van der Waals surface area contributed by atoms with Crippen molar-refractivity contribution in [3.05, 3.63) is 52.4 Å². The molecule has 0 N–H and O–H groups in total. The third kappa shape index (κ3) is 3.30. The van der Waals surface area contributed by atoms with Gasteiger partial charge in [-0.1, -0.05) is 42.5 Å². The number of esters is 1. The van der Waals surface area contributed by atoms with Crippen LogP contribution < -0.4 is 0 Å². The molecule has 1 aromatic carbocycles. The van der Waals surface area contributed by atoms with Crippen LogP contribution in [0.25, 0.3) is 6.08 Å². The molecule has 0 bridgehead atoms. The number of thioether (sulfide) groups is 1. The number of carbonyl (C=O) groups is 1. The number of nitrogens with zero attached hydrogens (tertiary/aromatic N) is 1. The van der Waals surface area contributed by atoms with E-state index in [1.54, 1.807) is 11.8 Å². The van der Waals surface area contributed by atoms with E-state index in [9.17, 15) is 4.79 Å². The van der Waals surface area contributed by atoms with E-state index in [0.29, 0.717) is 6.61 Å². The number of hydrogen-bond acceptors (Lipinski definition) is 4. The number of likely N-dealkylation sites (tertiary alicyclic amines) is 1. The number of piperidine rings is 1. The van der Waals surface area contributed by atoms with Crippen LogP contribution in [0.2, 0.25) is 0 Å². The highest BCUT2D eigenvalue weighted by Gasteiger charge is 2.38. The van der Waals surface area contributed by atoms with Crippen molar-refractivity contribution in [3.63, 3.8) is 0 Å². The Kier molecular flexibility index (Phi) is 4.74. The maximum Gasteiger partial charge on any atom is 0.319 e. The summed E-state index contributed by atoms with van der Waals surface area (Å²) in [7, 11) is 0. The van der Waals surface area contributed by atoms with Gasteiger partial charge < -0.3 is 4.74 Å². The molecule has 1 aromatic rings. The maximum absolute atomic E-state index is 11.9. The van der Waals surface area contributed by atoms with E-state index in [1.807, 2.05) is 6.92 Å². The van der Waals surface area contributed by atoms with E-state index in [1.165, 1.54) is 28.9 Å². The van der Waals surface area contributed by atoms with Gasteiger partial charge in [0.1, 0.15) is 5.25 Å². The van der Waals surface area contributed by atoms with Gasteiger partial charge in [-0.15, -0.1) is 11.8 Å². The Morgan fingerprint density at radius 3 is 2.92 bits per heavy atom. The molecule has 1 fully saturated rings. The molecule has 0 aromatic heterocycles. The molecule has 1 aliphatic carbocycles. The smallest absolute Gasteiger partial charge is 0.319 e. The van der Waals surface area contributed by atoms with Crippen molar-refractivity contribution in [3.8, 4) is 0 Å². The molecule has 2 aliphatic heterocycles. The topological polar surface area (TPSA) is 29.5 Å². The van der Waals surface area contributed by atoms with Crippen LogP contribution in [0, 0.1) is 0 Å². The molecule has 1 saturated heterocycles. The molecule has 1 unspecified atom stereocenters. The lowest BCUT2D eigenvalue weighted by Crippen LogP contribution is -2.41. The lowest BCUT2D eigenvalue weighted by molar-refractivity contribution is -0.142. The molecular formula is C21H25NO2S. The monoisotopic (exact) mass is 355 g/mol. The number of carbonyl (C=O) groups excluding carboxylic acids is 1. The largest absolute Gasteiger partial charge is 0.465 e. The van der Waals surface area contributed by atoms with E-state index in [2.05, 4.69) is 47.4 Å². The van der Waals surface area contributed by atoms with Gasteiger partial charge in [0.15, 0.2) is 0 Å². The molecule has 25 heavy (non-hydrogen) atoms. The highest BCUT2D eigenvalue weighted by molar-refractivity contribution is 8.04. The van der Waals surface area contributed by atoms with Crippen LogP contribution in [0.15, 0.2) is 41.3 Å². The highest BCUT2D eigenvalue weighted by atomic mass is 32.2. The Labute approximate surface area is 154 Å². The molecule has 3 nitrogen and oxygen atoms in total. The van der Waals surface area contributed by atoms with Gasteiger partial charge in [0.05, 0.1) is 6.61 Å². The van der Waals surface area contributed by atoms with Crippen molar-refractivity contribution < 1.29 is 9.53 Å². The molecule has 132 valence electrons. The third-order valence-electron chi connectivity index (χ3n) is 5.61. The SMILES string of the molecule is CCOC(=O)C1CC=C(CN2CCC3(C=Cc4ccccc43)CC2)S1. The maximum atomic E-state index is 11.9. The Balaban J connectivity index is 1.32. The minimum Gasteiger partial charge on any atom is -0.465 e. The Hall–Kier alpha value is -1.52. The predicted octanol–water partition coefficient (Wildman–Crippen LogP) is 4.00. The summed E-state index contributed by atoms with van der Waals surface area (Å²) in [4.78, 5) is 15.7. The van der Waals surface area contributed by atoms with Gasteiger partial charge in [-0.2, -0.15) is 0 Å². The van der Waals surface area contributed by atoms with Crippen molar-refractivity contribution in [1.82, 2.24) is 4.90 Å². The van der Waals surface area contributed by atoms with Crippen LogP contribution in [-0.2, 0) is 14.9 Å². The molecule has 4 heteroatoms. The molecule has 2 heterocycles. The van der Waals surface area contributed by atoms with Gasteiger partial charge in [-0.05, 0) is 55.3 Å². The quantitative estimate of drug-likeness (QED) is 0.764.